The molecule has 12 heavy (non-hydrogen) atoms. The fraction of sp³-hybridized carbons (Fsp3) is 1.00. The highest BCUT2D eigenvalue weighted by atomic mass is 16.6. The fourth-order valence-electron chi connectivity index (χ4n) is 2.50. The predicted octanol–water partition coefficient (Wildman–Crippen LogP) is 2.12. The van der Waals surface area contributed by atoms with Gasteiger partial charge in [-0.3, -0.25) is 0 Å². The largest absolute Gasteiger partial charge is 0.379 e. The van der Waals surface area contributed by atoms with Crippen LogP contribution in [-0.2, 0) is 9.47 Å². The van der Waals surface area contributed by atoms with Crippen LogP contribution in [0, 0.1) is 0 Å². The molecule has 70 valence electrons. The highest BCUT2D eigenvalue weighted by Crippen LogP contribution is 2.39. The molecule has 1 saturated heterocycles. The van der Waals surface area contributed by atoms with Gasteiger partial charge in [-0.2, -0.15) is 0 Å². The first kappa shape index (κ1) is 8.52. The van der Waals surface area contributed by atoms with Gasteiger partial charge < -0.3 is 9.47 Å². The summed E-state index contributed by atoms with van der Waals surface area (Å²) in [5.41, 5.74) is 0.221. The highest BCUT2D eigenvalue weighted by molar-refractivity contribution is 4.91. The maximum atomic E-state index is 5.86. The summed E-state index contributed by atoms with van der Waals surface area (Å²) >= 11 is 0. The summed E-state index contributed by atoms with van der Waals surface area (Å²) in [5.74, 6) is 0. The molecule has 0 aromatic rings. The fourth-order valence-corrected chi connectivity index (χ4v) is 2.50. The molecular formula is C10H18O2. The lowest BCUT2D eigenvalue weighted by atomic mass is 9.82. The molecule has 0 bridgehead atoms. The number of methoxy groups -OCH3 is 1. The zero-order chi connectivity index (χ0) is 8.44. The van der Waals surface area contributed by atoms with Crippen molar-refractivity contribution in [2.45, 2.75) is 50.2 Å². The van der Waals surface area contributed by atoms with Crippen molar-refractivity contribution >= 4 is 0 Å². The summed E-state index contributed by atoms with van der Waals surface area (Å²) < 4.78 is 11.2. The highest BCUT2D eigenvalue weighted by Gasteiger charge is 2.40. The molecule has 0 amide bonds. The predicted molar refractivity (Wildman–Crippen MR) is 47.2 cm³/mol. The molecule has 1 aliphatic carbocycles. The first-order chi connectivity index (χ1) is 5.85. The van der Waals surface area contributed by atoms with Gasteiger partial charge >= 0.3 is 0 Å². The molecule has 2 rings (SSSR count). The Kier molecular flexibility index (Phi) is 2.37. The van der Waals surface area contributed by atoms with Crippen LogP contribution in [0.3, 0.4) is 0 Å². The van der Waals surface area contributed by atoms with Crippen LogP contribution in [0.15, 0.2) is 0 Å². The summed E-state index contributed by atoms with van der Waals surface area (Å²) in [7, 11) is 1.79. The van der Waals surface area contributed by atoms with Crippen molar-refractivity contribution in [1.29, 1.82) is 0 Å². The van der Waals surface area contributed by atoms with Crippen molar-refractivity contribution in [3.05, 3.63) is 0 Å². The van der Waals surface area contributed by atoms with E-state index in [1.54, 1.807) is 7.11 Å². The van der Waals surface area contributed by atoms with E-state index in [4.69, 9.17) is 9.47 Å². The SMILES string of the molecule is COC1COC2(CCCCC2)C1. The van der Waals surface area contributed by atoms with Crippen LogP contribution in [0.4, 0.5) is 0 Å². The second-order valence-electron chi connectivity index (χ2n) is 4.12. The third-order valence-electron chi connectivity index (χ3n) is 3.27. The third kappa shape index (κ3) is 1.50. The first-order valence-electron chi connectivity index (χ1n) is 5.01. The molecule has 0 aromatic heterocycles. The van der Waals surface area contributed by atoms with Gasteiger partial charge in [0.25, 0.3) is 0 Å². The van der Waals surface area contributed by atoms with Crippen LogP contribution in [0.2, 0.25) is 0 Å². The Bertz CT molecular complexity index is 150. The first-order valence-corrected chi connectivity index (χ1v) is 5.01. The smallest absolute Gasteiger partial charge is 0.0832 e. The normalized spacial score (nSPS) is 34.2. The van der Waals surface area contributed by atoms with Crippen LogP contribution >= 0.6 is 0 Å². The lowest BCUT2D eigenvalue weighted by Gasteiger charge is -2.32. The molecule has 0 aromatic carbocycles. The van der Waals surface area contributed by atoms with Gasteiger partial charge in [0.15, 0.2) is 0 Å². The van der Waals surface area contributed by atoms with Crippen molar-refractivity contribution in [1.82, 2.24) is 0 Å². The average Bonchev–Trinajstić information content (AvgIpc) is 2.50. The van der Waals surface area contributed by atoms with Crippen LogP contribution in [-0.4, -0.2) is 25.4 Å². The molecule has 1 heterocycles. The molecule has 2 heteroatoms. The van der Waals surface area contributed by atoms with Gasteiger partial charge in [-0.1, -0.05) is 19.3 Å². The molecule has 1 aliphatic heterocycles. The van der Waals surface area contributed by atoms with Crippen LogP contribution < -0.4 is 0 Å². The quantitative estimate of drug-likeness (QED) is 0.600. The molecule has 2 aliphatic rings. The van der Waals surface area contributed by atoms with Gasteiger partial charge in [0.05, 0.1) is 18.3 Å². The summed E-state index contributed by atoms with van der Waals surface area (Å²) in [6.07, 6.45) is 8.09. The van der Waals surface area contributed by atoms with Crippen molar-refractivity contribution in [2.75, 3.05) is 13.7 Å². The molecule has 1 atom stereocenters. The van der Waals surface area contributed by atoms with E-state index in [0.29, 0.717) is 6.10 Å². The number of hydrogen-bond acceptors (Lipinski definition) is 2. The lowest BCUT2D eigenvalue weighted by molar-refractivity contribution is -0.0266. The molecule has 2 fully saturated rings. The summed E-state index contributed by atoms with van der Waals surface area (Å²) in [6.45, 7) is 0.816. The molecule has 0 N–H and O–H groups in total. The Morgan fingerprint density at radius 2 is 2.00 bits per heavy atom. The lowest BCUT2D eigenvalue weighted by Crippen LogP contribution is -2.30. The van der Waals surface area contributed by atoms with Crippen molar-refractivity contribution in [3.63, 3.8) is 0 Å². The minimum atomic E-state index is 0.221. The maximum Gasteiger partial charge on any atom is 0.0832 e. The van der Waals surface area contributed by atoms with Gasteiger partial charge in [-0.15, -0.1) is 0 Å². The van der Waals surface area contributed by atoms with Gasteiger partial charge in [-0.05, 0) is 12.8 Å². The monoisotopic (exact) mass is 170 g/mol. The topological polar surface area (TPSA) is 18.5 Å². The van der Waals surface area contributed by atoms with E-state index in [-0.39, 0.29) is 5.60 Å². The Hall–Kier alpha value is -0.0800. The van der Waals surface area contributed by atoms with Gasteiger partial charge in [-0.25, -0.2) is 0 Å². The van der Waals surface area contributed by atoms with E-state index < -0.39 is 0 Å². The maximum absolute atomic E-state index is 5.86. The average molecular weight is 170 g/mol. The standard InChI is InChI=1S/C10H18O2/c1-11-9-7-10(12-8-9)5-3-2-4-6-10/h9H,2-8H2,1H3. The molecule has 1 saturated carbocycles. The molecule has 2 nitrogen and oxygen atoms in total. The summed E-state index contributed by atoms with van der Waals surface area (Å²) in [4.78, 5) is 0. The second kappa shape index (κ2) is 3.35. The van der Waals surface area contributed by atoms with Crippen molar-refractivity contribution < 1.29 is 9.47 Å². The molecular weight excluding hydrogens is 152 g/mol. The minimum Gasteiger partial charge on any atom is -0.379 e. The van der Waals surface area contributed by atoms with E-state index in [0.717, 1.165) is 13.0 Å². The van der Waals surface area contributed by atoms with Gasteiger partial charge in [0.1, 0.15) is 0 Å². The summed E-state index contributed by atoms with van der Waals surface area (Å²) in [6, 6.07) is 0. The summed E-state index contributed by atoms with van der Waals surface area (Å²) in [5, 5.41) is 0. The van der Waals surface area contributed by atoms with E-state index >= 15 is 0 Å². The number of rotatable bonds is 1. The zero-order valence-corrected chi connectivity index (χ0v) is 7.84. The van der Waals surface area contributed by atoms with E-state index in [9.17, 15) is 0 Å². The zero-order valence-electron chi connectivity index (χ0n) is 7.84. The Labute approximate surface area is 74.2 Å². The Morgan fingerprint density at radius 3 is 2.58 bits per heavy atom. The van der Waals surface area contributed by atoms with E-state index in [1.807, 2.05) is 0 Å². The second-order valence-corrected chi connectivity index (χ2v) is 4.12. The molecule has 1 unspecified atom stereocenters. The van der Waals surface area contributed by atoms with Crippen LogP contribution in [0.1, 0.15) is 38.5 Å². The van der Waals surface area contributed by atoms with Crippen molar-refractivity contribution in [3.8, 4) is 0 Å². The van der Waals surface area contributed by atoms with E-state index in [2.05, 4.69) is 0 Å². The molecule has 1 spiro atoms. The van der Waals surface area contributed by atoms with Gasteiger partial charge in [0, 0.05) is 13.5 Å². The van der Waals surface area contributed by atoms with Crippen LogP contribution in [0.5, 0.6) is 0 Å². The third-order valence-corrected chi connectivity index (χ3v) is 3.27. The van der Waals surface area contributed by atoms with Crippen molar-refractivity contribution in [2.24, 2.45) is 0 Å². The van der Waals surface area contributed by atoms with Crippen LogP contribution in [0.25, 0.3) is 0 Å². The Morgan fingerprint density at radius 1 is 1.25 bits per heavy atom. The Balaban J connectivity index is 1.94. The van der Waals surface area contributed by atoms with E-state index in [1.165, 1.54) is 32.1 Å². The van der Waals surface area contributed by atoms with Gasteiger partial charge in [0.2, 0.25) is 0 Å². The number of hydrogen-bond donors (Lipinski definition) is 0. The number of ether oxygens (including phenoxy) is 2. The minimum absolute atomic E-state index is 0.221. The molecule has 0 radical (unpaired) electrons.